The van der Waals surface area contributed by atoms with Crippen LogP contribution in [0.4, 0.5) is 5.82 Å². The summed E-state index contributed by atoms with van der Waals surface area (Å²) in [6, 6.07) is 1.97. The maximum absolute atomic E-state index is 4.67. The molecule has 19 heavy (non-hydrogen) atoms. The quantitative estimate of drug-likeness (QED) is 0.757. The Hall–Kier alpha value is -1.88. The summed E-state index contributed by atoms with van der Waals surface area (Å²) in [4.78, 5) is 14.5. The minimum atomic E-state index is 0.238. The van der Waals surface area contributed by atoms with Gasteiger partial charge in [-0.25, -0.2) is 9.97 Å². The lowest BCUT2D eigenvalue weighted by Crippen LogP contribution is -2.50. The molecule has 98 valence electrons. The highest BCUT2D eigenvalue weighted by Gasteiger charge is 2.33. The molecule has 2 aliphatic rings. The van der Waals surface area contributed by atoms with E-state index in [2.05, 4.69) is 37.3 Å². The van der Waals surface area contributed by atoms with Crippen molar-refractivity contribution in [3.63, 3.8) is 0 Å². The summed E-state index contributed by atoms with van der Waals surface area (Å²) in [6.45, 7) is 3.07. The maximum atomic E-state index is 4.67. The Morgan fingerprint density at radius 2 is 2.16 bits per heavy atom. The lowest BCUT2D eigenvalue weighted by molar-refractivity contribution is 0.349. The molecule has 2 aromatic heterocycles. The molecule has 1 saturated heterocycles. The van der Waals surface area contributed by atoms with Crippen molar-refractivity contribution in [3.05, 3.63) is 30.6 Å². The third kappa shape index (κ3) is 1.81. The van der Waals surface area contributed by atoms with E-state index < -0.39 is 0 Å². The molecule has 0 radical (unpaired) electrons. The number of fused-ring (bicyclic) bond motifs is 1. The molecule has 0 saturated carbocycles. The van der Waals surface area contributed by atoms with Crippen LogP contribution >= 0.6 is 0 Å². The molecule has 2 N–H and O–H groups in total. The van der Waals surface area contributed by atoms with Crippen LogP contribution in [0.3, 0.4) is 0 Å². The van der Waals surface area contributed by atoms with E-state index in [1.165, 1.54) is 0 Å². The van der Waals surface area contributed by atoms with E-state index in [4.69, 9.17) is 0 Å². The van der Waals surface area contributed by atoms with Crippen molar-refractivity contribution in [3.8, 4) is 0 Å². The van der Waals surface area contributed by atoms with Gasteiger partial charge in [0.05, 0.1) is 6.20 Å². The Bertz CT molecular complexity index is 622. The van der Waals surface area contributed by atoms with Crippen molar-refractivity contribution in [1.29, 1.82) is 0 Å². The van der Waals surface area contributed by atoms with E-state index in [0.29, 0.717) is 0 Å². The van der Waals surface area contributed by atoms with Gasteiger partial charge < -0.3 is 15.2 Å². The van der Waals surface area contributed by atoms with Crippen LogP contribution in [-0.2, 0) is 0 Å². The second kappa shape index (κ2) is 4.06. The molecular formula is C14H17N5. The fourth-order valence-corrected chi connectivity index (χ4v) is 3.06. The summed E-state index contributed by atoms with van der Waals surface area (Å²) in [5.41, 5.74) is 2.04. The number of hydrogen-bond acceptors (Lipinski definition) is 4. The van der Waals surface area contributed by atoms with Gasteiger partial charge >= 0.3 is 0 Å². The summed E-state index contributed by atoms with van der Waals surface area (Å²) in [5, 5.41) is 3.59. The standard InChI is InChI=1S/C14H17N5/c1-3-14(17-6-1)4-8-19(9-5-14)12-10-16-13-11(18-12)2-7-15-13/h1-3,7,10,17H,4-6,8-9H2,(H,15,16). The Morgan fingerprint density at radius 3 is 2.95 bits per heavy atom. The molecule has 0 atom stereocenters. The maximum Gasteiger partial charge on any atom is 0.156 e. The normalized spacial score (nSPS) is 21.6. The van der Waals surface area contributed by atoms with Crippen molar-refractivity contribution in [1.82, 2.24) is 20.3 Å². The molecule has 2 aliphatic heterocycles. The summed E-state index contributed by atoms with van der Waals surface area (Å²) in [7, 11) is 0. The molecule has 5 heteroatoms. The summed E-state index contributed by atoms with van der Waals surface area (Å²) >= 11 is 0. The van der Waals surface area contributed by atoms with Gasteiger partial charge in [-0.1, -0.05) is 12.2 Å². The highest BCUT2D eigenvalue weighted by Crippen LogP contribution is 2.28. The molecule has 0 bridgehead atoms. The summed E-state index contributed by atoms with van der Waals surface area (Å²) in [5.74, 6) is 0.990. The average molecular weight is 255 g/mol. The highest BCUT2D eigenvalue weighted by atomic mass is 15.2. The Kier molecular flexibility index (Phi) is 2.35. The summed E-state index contributed by atoms with van der Waals surface area (Å²) < 4.78 is 0. The van der Waals surface area contributed by atoms with E-state index in [-0.39, 0.29) is 5.54 Å². The number of nitrogens with one attached hydrogen (secondary N) is 2. The van der Waals surface area contributed by atoms with Crippen LogP contribution in [0, 0.1) is 0 Å². The van der Waals surface area contributed by atoms with E-state index >= 15 is 0 Å². The van der Waals surface area contributed by atoms with E-state index in [0.717, 1.165) is 49.5 Å². The Balaban J connectivity index is 1.55. The molecule has 4 rings (SSSR count). The first-order valence-electron chi connectivity index (χ1n) is 6.83. The van der Waals surface area contributed by atoms with Gasteiger partial charge in [0.25, 0.3) is 0 Å². The average Bonchev–Trinajstić information content (AvgIpc) is 3.08. The zero-order valence-electron chi connectivity index (χ0n) is 10.8. The van der Waals surface area contributed by atoms with E-state index in [1.54, 1.807) is 0 Å². The molecule has 1 spiro atoms. The molecule has 5 nitrogen and oxygen atoms in total. The van der Waals surface area contributed by atoms with E-state index in [9.17, 15) is 0 Å². The Morgan fingerprint density at radius 1 is 1.26 bits per heavy atom. The van der Waals surface area contributed by atoms with Gasteiger partial charge in [-0.15, -0.1) is 0 Å². The van der Waals surface area contributed by atoms with Gasteiger partial charge in [0.15, 0.2) is 5.65 Å². The molecule has 0 unspecified atom stereocenters. The number of aromatic nitrogens is 3. The minimum absolute atomic E-state index is 0.238. The molecule has 4 heterocycles. The molecule has 0 aromatic carbocycles. The smallest absolute Gasteiger partial charge is 0.156 e. The number of anilines is 1. The summed E-state index contributed by atoms with van der Waals surface area (Å²) in [6.07, 6.45) is 10.6. The fraction of sp³-hybridized carbons (Fsp3) is 0.429. The van der Waals surface area contributed by atoms with Crippen molar-refractivity contribution in [2.75, 3.05) is 24.5 Å². The third-order valence-corrected chi connectivity index (χ3v) is 4.24. The van der Waals surface area contributed by atoms with Gasteiger partial charge in [-0.2, -0.15) is 0 Å². The number of piperidine rings is 1. The van der Waals surface area contributed by atoms with Gasteiger partial charge in [0, 0.05) is 31.4 Å². The molecule has 0 amide bonds. The first-order valence-corrected chi connectivity index (χ1v) is 6.83. The largest absolute Gasteiger partial charge is 0.355 e. The zero-order chi connectivity index (χ0) is 12.7. The number of H-pyrrole nitrogens is 1. The third-order valence-electron chi connectivity index (χ3n) is 4.24. The van der Waals surface area contributed by atoms with Gasteiger partial charge in [0.1, 0.15) is 11.3 Å². The molecule has 0 aliphatic carbocycles. The molecular weight excluding hydrogens is 238 g/mol. The van der Waals surface area contributed by atoms with Crippen LogP contribution in [0.15, 0.2) is 30.6 Å². The first-order chi connectivity index (χ1) is 9.35. The van der Waals surface area contributed by atoms with Crippen LogP contribution in [0.25, 0.3) is 11.2 Å². The Labute approximate surface area is 111 Å². The van der Waals surface area contributed by atoms with Crippen molar-refractivity contribution in [2.45, 2.75) is 18.4 Å². The lowest BCUT2D eigenvalue weighted by atomic mass is 9.89. The number of aromatic amines is 1. The predicted molar refractivity (Wildman–Crippen MR) is 75.2 cm³/mol. The number of nitrogens with zero attached hydrogens (tertiary/aromatic N) is 3. The monoisotopic (exact) mass is 255 g/mol. The van der Waals surface area contributed by atoms with Crippen LogP contribution in [0.2, 0.25) is 0 Å². The van der Waals surface area contributed by atoms with Gasteiger partial charge in [-0.3, -0.25) is 0 Å². The SMILES string of the molecule is C1=CC2(CCN(c3cnc4[nH]ccc4n3)CC2)NC1. The lowest BCUT2D eigenvalue weighted by Gasteiger charge is -2.39. The number of rotatable bonds is 1. The van der Waals surface area contributed by atoms with Crippen molar-refractivity contribution in [2.24, 2.45) is 0 Å². The molecule has 2 aromatic rings. The van der Waals surface area contributed by atoms with Gasteiger partial charge in [0.2, 0.25) is 0 Å². The van der Waals surface area contributed by atoms with Gasteiger partial charge in [-0.05, 0) is 18.9 Å². The van der Waals surface area contributed by atoms with Crippen LogP contribution in [0.5, 0.6) is 0 Å². The van der Waals surface area contributed by atoms with Crippen LogP contribution in [0.1, 0.15) is 12.8 Å². The highest BCUT2D eigenvalue weighted by molar-refractivity contribution is 5.72. The predicted octanol–water partition coefficient (Wildman–Crippen LogP) is 1.46. The topological polar surface area (TPSA) is 56.8 Å². The second-order valence-electron chi connectivity index (χ2n) is 5.37. The molecule has 1 fully saturated rings. The van der Waals surface area contributed by atoms with Crippen LogP contribution < -0.4 is 10.2 Å². The van der Waals surface area contributed by atoms with Crippen molar-refractivity contribution >= 4 is 17.0 Å². The van der Waals surface area contributed by atoms with Crippen LogP contribution in [-0.4, -0.2) is 40.1 Å². The van der Waals surface area contributed by atoms with E-state index in [1.807, 2.05) is 18.5 Å². The van der Waals surface area contributed by atoms with Crippen molar-refractivity contribution < 1.29 is 0 Å². The fourth-order valence-electron chi connectivity index (χ4n) is 3.06. The second-order valence-corrected chi connectivity index (χ2v) is 5.37. The first kappa shape index (κ1) is 11.0. The zero-order valence-corrected chi connectivity index (χ0v) is 10.8. The minimum Gasteiger partial charge on any atom is -0.355 e. The number of hydrogen-bond donors (Lipinski definition) is 2.